The molecule has 0 atom stereocenters. The van der Waals surface area contributed by atoms with Crippen LogP contribution in [0, 0.1) is 6.92 Å². The molecular weight excluding hydrogens is 388 g/mol. The monoisotopic (exact) mass is 412 g/mol. The second-order valence-electron chi connectivity index (χ2n) is 8.05. The molecular formula is C24H24N6O. The van der Waals surface area contributed by atoms with Crippen molar-refractivity contribution < 1.29 is 4.79 Å². The maximum absolute atomic E-state index is 11.9. The molecule has 0 unspecified atom stereocenters. The molecule has 156 valence electrons. The summed E-state index contributed by atoms with van der Waals surface area (Å²) in [7, 11) is 2.08. The molecule has 0 aliphatic carbocycles. The van der Waals surface area contributed by atoms with E-state index in [2.05, 4.69) is 34.4 Å². The van der Waals surface area contributed by atoms with E-state index < -0.39 is 5.91 Å². The maximum atomic E-state index is 11.9. The summed E-state index contributed by atoms with van der Waals surface area (Å²) in [6, 6.07) is 15.8. The van der Waals surface area contributed by atoms with Crippen LogP contribution in [0.4, 0.5) is 5.82 Å². The highest BCUT2D eigenvalue weighted by Gasteiger charge is 2.25. The number of amides is 1. The first kappa shape index (κ1) is 19.3. The number of nitrogens with two attached hydrogens (primary N) is 1. The van der Waals surface area contributed by atoms with Gasteiger partial charge in [0, 0.05) is 41.8 Å². The van der Waals surface area contributed by atoms with Crippen molar-refractivity contribution >= 4 is 22.6 Å². The Morgan fingerprint density at radius 1 is 1.13 bits per heavy atom. The lowest BCUT2D eigenvalue weighted by molar-refractivity contribution is 0.100. The van der Waals surface area contributed by atoms with Crippen molar-refractivity contribution in [1.29, 1.82) is 0 Å². The molecule has 1 amide bonds. The minimum atomic E-state index is -0.458. The lowest BCUT2D eigenvalue weighted by Gasteiger charge is -2.12. The van der Waals surface area contributed by atoms with Crippen molar-refractivity contribution in [1.82, 2.24) is 19.9 Å². The van der Waals surface area contributed by atoms with Gasteiger partial charge in [-0.2, -0.15) is 0 Å². The van der Waals surface area contributed by atoms with Crippen LogP contribution in [0.15, 0.2) is 48.5 Å². The van der Waals surface area contributed by atoms with Crippen LogP contribution in [0.3, 0.4) is 0 Å². The fraction of sp³-hybridized carbons (Fsp3) is 0.208. The third kappa shape index (κ3) is 3.43. The van der Waals surface area contributed by atoms with Gasteiger partial charge in [-0.15, -0.1) is 0 Å². The van der Waals surface area contributed by atoms with Crippen molar-refractivity contribution in [2.75, 3.05) is 12.4 Å². The van der Waals surface area contributed by atoms with Crippen molar-refractivity contribution in [3.05, 3.63) is 76.6 Å². The number of primary amides is 1. The van der Waals surface area contributed by atoms with Gasteiger partial charge in [0.2, 0.25) is 0 Å². The van der Waals surface area contributed by atoms with Gasteiger partial charge in [-0.3, -0.25) is 9.69 Å². The summed E-state index contributed by atoms with van der Waals surface area (Å²) >= 11 is 0. The lowest BCUT2D eigenvalue weighted by Crippen LogP contribution is -2.11. The van der Waals surface area contributed by atoms with E-state index in [-0.39, 0.29) is 0 Å². The number of benzene rings is 2. The lowest BCUT2D eigenvalue weighted by atomic mass is 10.1. The molecule has 0 radical (unpaired) electrons. The molecule has 5 rings (SSSR count). The van der Waals surface area contributed by atoms with Gasteiger partial charge in [0.25, 0.3) is 5.91 Å². The van der Waals surface area contributed by atoms with Crippen molar-refractivity contribution in [3.63, 3.8) is 0 Å². The van der Waals surface area contributed by atoms with Crippen LogP contribution in [0.1, 0.15) is 32.9 Å². The van der Waals surface area contributed by atoms with E-state index in [4.69, 9.17) is 15.7 Å². The number of H-pyrrole nitrogens is 1. The number of hydrogen-bond donors (Lipinski definition) is 3. The van der Waals surface area contributed by atoms with Crippen LogP contribution in [0.5, 0.6) is 0 Å². The van der Waals surface area contributed by atoms with Crippen LogP contribution in [-0.4, -0.2) is 32.8 Å². The number of aromatic nitrogens is 3. The molecule has 1 aliphatic heterocycles. The Morgan fingerprint density at radius 2 is 1.94 bits per heavy atom. The minimum Gasteiger partial charge on any atom is -0.366 e. The number of para-hydroxylation sites is 1. The number of carbonyl (C=O) groups excluding carboxylic acids is 1. The number of hydrogen-bond acceptors (Lipinski definition) is 5. The first-order chi connectivity index (χ1) is 15.0. The Hall–Kier alpha value is -3.71. The van der Waals surface area contributed by atoms with Crippen LogP contribution in [0.25, 0.3) is 22.3 Å². The maximum Gasteiger partial charge on any atom is 0.250 e. The summed E-state index contributed by atoms with van der Waals surface area (Å²) < 4.78 is 0. The van der Waals surface area contributed by atoms with E-state index in [1.165, 1.54) is 5.56 Å². The highest BCUT2D eigenvalue weighted by molar-refractivity contribution is 6.09. The minimum absolute atomic E-state index is 0.458. The number of carbonyl (C=O) groups is 1. The highest BCUT2D eigenvalue weighted by Crippen LogP contribution is 2.35. The second kappa shape index (κ2) is 7.52. The van der Waals surface area contributed by atoms with E-state index in [1.54, 1.807) is 6.07 Å². The standard InChI is InChI=1S/C24H24N6O/c1-14-20(16-9-6-10-17(22(25)31)21(16)27-14)24-28-19-13-30(2)12-18(19)23(29-24)26-11-15-7-4-3-5-8-15/h3-10,27H,11-13H2,1-2H3,(H2,25,31)(H,26,28,29). The second-order valence-corrected chi connectivity index (χ2v) is 8.05. The number of nitrogens with one attached hydrogen (secondary N) is 2. The van der Waals surface area contributed by atoms with Gasteiger partial charge in [0.15, 0.2) is 5.82 Å². The highest BCUT2D eigenvalue weighted by atomic mass is 16.1. The summed E-state index contributed by atoms with van der Waals surface area (Å²) in [6.45, 7) is 4.25. The molecule has 4 N–H and O–H groups in total. The summed E-state index contributed by atoms with van der Waals surface area (Å²) in [5.41, 5.74) is 11.9. The molecule has 0 fully saturated rings. The third-order valence-corrected chi connectivity index (χ3v) is 5.75. The molecule has 0 spiro atoms. The Bertz CT molecular complexity index is 1290. The zero-order valence-corrected chi connectivity index (χ0v) is 17.6. The topological polar surface area (TPSA) is 99.9 Å². The Morgan fingerprint density at radius 3 is 2.71 bits per heavy atom. The molecule has 2 aromatic carbocycles. The van der Waals surface area contributed by atoms with Crippen LogP contribution in [-0.2, 0) is 19.6 Å². The van der Waals surface area contributed by atoms with E-state index in [0.29, 0.717) is 17.9 Å². The number of aromatic amines is 1. The average Bonchev–Trinajstić information content (AvgIpc) is 3.30. The molecule has 31 heavy (non-hydrogen) atoms. The normalized spacial score (nSPS) is 13.5. The van der Waals surface area contributed by atoms with Gasteiger partial charge in [0.1, 0.15) is 5.82 Å². The Labute approximate surface area is 180 Å². The van der Waals surface area contributed by atoms with Crippen LogP contribution >= 0.6 is 0 Å². The zero-order valence-electron chi connectivity index (χ0n) is 17.6. The molecule has 7 nitrogen and oxygen atoms in total. The van der Waals surface area contributed by atoms with Gasteiger partial charge in [-0.25, -0.2) is 9.97 Å². The Kier molecular flexibility index (Phi) is 4.67. The third-order valence-electron chi connectivity index (χ3n) is 5.75. The number of rotatable bonds is 5. The molecule has 0 bridgehead atoms. The number of aryl methyl sites for hydroxylation is 1. The first-order valence-corrected chi connectivity index (χ1v) is 10.3. The predicted octanol–water partition coefficient (Wildman–Crippen LogP) is 3.59. The zero-order chi connectivity index (χ0) is 21.5. The van der Waals surface area contributed by atoms with E-state index in [9.17, 15) is 4.79 Å². The van der Waals surface area contributed by atoms with Crippen molar-refractivity contribution in [2.24, 2.45) is 5.73 Å². The van der Waals surface area contributed by atoms with E-state index in [0.717, 1.165) is 52.3 Å². The predicted molar refractivity (Wildman–Crippen MR) is 122 cm³/mol. The van der Waals surface area contributed by atoms with Gasteiger partial charge in [-0.05, 0) is 25.6 Å². The molecule has 0 saturated carbocycles. The molecule has 3 heterocycles. The summed E-state index contributed by atoms with van der Waals surface area (Å²) in [5.74, 6) is 1.04. The van der Waals surface area contributed by atoms with Gasteiger partial charge in [0.05, 0.1) is 16.8 Å². The largest absolute Gasteiger partial charge is 0.366 e. The summed E-state index contributed by atoms with van der Waals surface area (Å²) in [4.78, 5) is 27.3. The SMILES string of the molecule is Cc1[nH]c2c(C(N)=O)cccc2c1-c1nc2c(c(NCc3ccccc3)n1)CN(C)C2. The Balaban J connectivity index is 1.62. The van der Waals surface area contributed by atoms with Crippen molar-refractivity contribution in [3.8, 4) is 11.4 Å². The number of fused-ring (bicyclic) bond motifs is 2. The first-order valence-electron chi connectivity index (χ1n) is 10.3. The van der Waals surface area contributed by atoms with E-state index in [1.807, 2.05) is 37.3 Å². The van der Waals surface area contributed by atoms with Gasteiger partial charge in [-0.1, -0.05) is 42.5 Å². The summed E-state index contributed by atoms with van der Waals surface area (Å²) in [5, 5.41) is 4.42. The molecule has 7 heteroatoms. The van der Waals surface area contributed by atoms with Gasteiger partial charge < -0.3 is 16.0 Å². The molecule has 2 aromatic heterocycles. The molecule has 0 saturated heterocycles. The number of anilines is 1. The van der Waals surface area contributed by atoms with Gasteiger partial charge >= 0.3 is 0 Å². The smallest absolute Gasteiger partial charge is 0.250 e. The quantitative estimate of drug-likeness (QED) is 0.465. The fourth-order valence-electron chi connectivity index (χ4n) is 4.29. The summed E-state index contributed by atoms with van der Waals surface area (Å²) in [6.07, 6.45) is 0. The molecule has 4 aromatic rings. The average molecular weight is 412 g/mol. The van der Waals surface area contributed by atoms with Crippen molar-refractivity contribution in [2.45, 2.75) is 26.6 Å². The number of nitrogens with zero attached hydrogens (tertiary/aromatic N) is 3. The van der Waals surface area contributed by atoms with Crippen LogP contribution in [0.2, 0.25) is 0 Å². The van der Waals surface area contributed by atoms with Crippen LogP contribution < -0.4 is 11.1 Å². The molecule has 1 aliphatic rings. The van der Waals surface area contributed by atoms with E-state index >= 15 is 0 Å². The fourth-order valence-corrected chi connectivity index (χ4v) is 4.29.